The van der Waals surface area contributed by atoms with Gasteiger partial charge in [-0.1, -0.05) is 6.58 Å². The Bertz CT molecular complexity index is 838. The zero-order valence-electron chi connectivity index (χ0n) is 17.1. The van der Waals surface area contributed by atoms with Crippen molar-refractivity contribution in [3.8, 4) is 17.2 Å². The van der Waals surface area contributed by atoms with Crippen molar-refractivity contribution in [2.75, 3.05) is 20.3 Å². The lowest BCUT2D eigenvalue weighted by Gasteiger charge is -2.29. The van der Waals surface area contributed by atoms with Crippen molar-refractivity contribution in [3.05, 3.63) is 35.6 Å². The summed E-state index contributed by atoms with van der Waals surface area (Å²) in [6.07, 6.45) is 3.38. The molecule has 3 rings (SSSR count). The molecule has 2 unspecified atom stereocenters. The smallest absolute Gasteiger partial charge is 0.374 e. The zero-order valence-corrected chi connectivity index (χ0v) is 17.1. The maximum atomic E-state index is 12.1. The molecule has 0 saturated heterocycles. The van der Waals surface area contributed by atoms with E-state index in [1.807, 2.05) is 0 Å². The highest BCUT2D eigenvalue weighted by molar-refractivity contribution is 5.95. The normalized spacial score (nSPS) is 19.3. The number of allylic oxidation sites excluding steroid dienone is 2. The number of unbranched alkanes of at least 4 members (excludes halogenated alkanes) is 1. The van der Waals surface area contributed by atoms with Gasteiger partial charge in [0.25, 0.3) is 0 Å². The number of carbonyl (C=O) groups excluding carboxylic acids is 1. The number of rotatable bonds is 8. The summed E-state index contributed by atoms with van der Waals surface area (Å²) in [5.41, 5.74) is 0.998. The first kappa shape index (κ1) is 21.2. The Kier molecular flexibility index (Phi) is 6.19. The summed E-state index contributed by atoms with van der Waals surface area (Å²) in [6.45, 7) is 7.84. The van der Waals surface area contributed by atoms with Gasteiger partial charge in [0.05, 0.1) is 24.9 Å². The Hall–Kier alpha value is -2.51. The molecule has 29 heavy (non-hydrogen) atoms. The van der Waals surface area contributed by atoms with Gasteiger partial charge in [-0.3, -0.25) is 0 Å². The van der Waals surface area contributed by atoms with Gasteiger partial charge in [0.1, 0.15) is 23.4 Å². The third kappa shape index (κ3) is 4.11. The molecule has 0 bridgehead atoms. The van der Waals surface area contributed by atoms with Gasteiger partial charge in [-0.25, -0.2) is 4.79 Å². The first-order valence-corrected chi connectivity index (χ1v) is 9.82. The van der Waals surface area contributed by atoms with Gasteiger partial charge in [0.2, 0.25) is 5.76 Å². The number of benzene rings is 1. The molecule has 0 aromatic heterocycles. The number of ether oxygens (including phenoxy) is 4. The number of fused-ring (bicyclic) bond motifs is 2. The second kappa shape index (κ2) is 8.47. The first-order valence-electron chi connectivity index (χ1n) is 9.82. The zero-order chi connectivity index (χ0) is 21.2. The second-order valence-corrected chi connectivity index (χ2v) is 7.46. The Balaban J connectivity index is 1.90. The molecule has 7 nitrogen and oxygen atoms in total. The number of carbonyl (C=O) groups is 1. The van der Waals surface area contributed by atoms with E-state index in [0.717, 1.165) is 5.56 Å². The molecule has 2 atom stereocenters. The largest absolute Gasteiger partial charge is 0.496 e. The lowest BCUT2D eigenvalue weighted by molar-refractivity contribution is -0.141. The van der Waals surface area contributed by atoms with E-state index in [-0.39, 0.29) is 19.0 Å². The molecule has 2 heterocycles. The van der Waals surface area contributed by atoms with Crippen LogP contribution in [0.1, 0.15) is 44.2 Å². The molecule has 1 aromatic carbocycles. The summed E-state index contributed by atoms with van der Waals surface area (Å²) < 4.78 is 22.5. The number of aliphatic hydroxyl groups excluding tert-OH is 1. The molecule has 0 amide bonds. The van der Waals surface area contributed by atoms with Crippen LogP contribution in [0.3, 0.4) is 0 Å². The van der Waals surface area contributed by atoms with Crippen molar-refractivity contribution in [2.45, 2.75) is 51.2 Å². The van der Waals surface area contributed by atoms with Crippen LogP contribution in [0.15, 0.2) is 24.5 Å². The highest BCUT2D eigenvalue weighted by Crippen LogP contribution is 2.49. The first-order chi connectivity index (χ1) is 13.8. The van der Waals surface area contributed by atoms with Gasteiger partial charge >= 0.3 is 5.97 Å². The van der Waals surface area contributed by atoms with Crippen molar-refractivity contribution in [2.24, 2.45) is 0 Å². The molecule has 0 spiro atoms. The summed E-state index contributed by atoms with van der Waals surface area (Å²) >= 11 is 0. The van der Waals surface area contributed by atoms with Crippen LogP contribution in [0.5, 0.6) is 17.2 Å². The van der Waals surface area contributed by atoms with Gasteiger partial charge in [-0.2, -0.15) is 0 Å². The molecule has 2 aliphatic rings. The van der Waals surface area contributed by atoms with Crippen LogP contribution in [0.25, 0.3) is 5.57 Å². The van der Waals surface area contributed by atoms with Crippen LogP contribution in [0.2, 0.25) is 0 Å². The van der Waals surface area contributed by atoms with Crippen LogP contribution in [-0.2, 0) is 16.0 Å². The van der Waals surface area contributed by atoms with Gasteiger partial charge in [-0.15, -0.1) is 0 Å². The van der Waals surface area contributed by atoms with Crippen molar-refractivity contribution in [1.82, 2.24) is 0 Å². The highest BCUT2D eigenvalue weighted by Gasteiger charge is 2.41. The van der Waals surface area contributed by atoms with Crippen molar-refractivity contribution in [1.29, 1.82) is 0 Å². The van der Waals surface area contributed by atoms with E-state index < -0.39 is 17.7 Å². The number of methoxy groups -OCH3 is 1. The monoisotopic (exact) mass is 404 g/mol. The third-order valence-corrected chi connectivity index (χ3v) is 5.28. The minimum atomic E-state index is -1.06. The van der Waals surface area contributed by atoms with E-state index in [1.54, 1.807) is 27.0 Å². The quantitative estimate of drug-likeness (QED) is 0.508. The second-order valence-electron chi connectivity index (χ2n) is 7.46. The fraction of sp³-hybridized carbons (Fsp3) is 0.500. The molecule has 0 saturated carbocycles. The molecular formula is C22H28O7. The van der Waals surface area contributed by atoms with Crippen LogP contribution >= 0.6 is 0 Å². The van der Waals surface area contributed by atoms with Crippen molar-refractivity contribution in [3.63, 3.8) is 0 Å². The highest BCUT2D eigenvalue weighted by atomic mass is 16.6. The Morgan fingerprint density at radius 3 is 2.79 bits per heavy atom. The average molecular weight is 404 g/mol. The van der Waals surface area contributed by atoms with Crippen LogP contribution in [0, 0.1) is 0 Å². The van der Waals surface area contributed by atoms with E-state index in [9.17, 15) is 9.90 Å². The fourth-order valence-corrected chi connectivity index (χ4v) is 3.73. The van der Waals surface area contributed by atoms with E-state index in [4.69, 9.17) is 24.1 Å². The maximum absolute atomic E-state index is 12.1. The molecule has 0 aliphatic carbocycles. The number of esters is 1. The molecule has 2 aliphatic heterocycles. The molecule has 2 N–H and O–H groups in total. The van der Waals surface area contributed by atoms with E-state index in [0.29, 0.717) is 54.1 Å². The lowest BCUT2D eigenvalue weighted by Crippen LogP contribution is -2.42. The number of aliphatic hydroxyl groups is 2. The Labute approximate surface area is 170 Å². The standard InChI is InChI=1S/C22H28O7/c1-5-27-21(24)17-10-13(2)19-16(28-17)12-15-14(20(19)26-4)11-18(29-15)22(3,25)8-6-7-9-23/h10,12,18,23,25H,2,5-9,11H2,1,3-4H3. The van der Waals surface area contributed by atoms with E-state index in [2.05, 4.69) is 6.58 Å². The fourth-order valence-electron chi connectivity index (χ4n) is 3.73. The van der Waals surface area contributed by atoms with Crippen LogP contribution in [-0.4, -0.2) is 48.2 Å². The summed E-state index contributed by atoms with van der Waals surface area (Å²) in [4.78, 5) is 12.1. The summed E-state index contributed by atoms with van der Waals surface area (Å²) in [5.74, 6) is 0.999. The summed E-state index contributed by atoms with van der Waals surface area (Å²) in [6, 6.07) is 1.70. The molecular weight excluding hydrogens is 376 g/mol. The van der Waals surface area contributed by atoms with Gasteiger partial charge < -0.3 is 29.2 Å². The van der Waals surface area contributed by atoms with Crippen molar-refractivity contribution < 1.29 is 34.0 Å². The van der Waals surface area contributed by atoms with Crippen LogP contribution in [0.4, 0.5) is 0 Å². The SMILES string of the molecule is C=C1C=C(C(=O)OCC)Oc2cc3c(c(OC)c21)CC(C(C)(O)CCCCO)O3. The lowest BCUT2D eigenvalue weighted by atomic mass is 9.89. The van der Waals surface area contributed by atoms with Gasteiger partial charge in [0.15, 0.2) is 0 Å². The van der Waals surface area contributed by atoms with E-state index >= 15 is 0 Å². The minimum absolute atomic E-state index is 0.0527. The number of hydrogen-bond acceptors (Lipinski definition) is 7. The van der Waals surface area contributed by atoms with Gasteiger partial charge in [0, 0.05) is 24.7 Å². The number of hydrogen-bond donors (Lipinski definition) is 2. The average Bonchev–Trinajstić information content (AvgIpc) is 3.11. The molecule has 7 heteroatoms. The van der Waals surface area contributed by atoms with Crippen LogP contribution < -0.4 is 14.2 Å². The maximum Gasteiger partial charge on any atom is 0.374 e. The van der Waals surface area contributed by atoms with Gasteiger partial charge in [-0.05, 0) is 44.8 Å². The summed E-state index contributed by atoms with van der Waals surface area (Å²) in [7, 11) is 1.56. The molecule has 0 fully saturated rings. The minimum Gasteiger partial charge on any atom is -0.496 e. The molecule has 1 aromatic rings. The Morgan fingerprint density at radius 1 is 1.38 bits per heavy atom. The summed E-state index contributed by atoms with van der Waals surface area (Å²) in [5, 5.41) is 19.9. The van der Waals surface area contributed by atoms with Crippen molar-refractivity contribution >= 4 is 11.5 Å². The topological polar surface area (TPSA) is 94.5 Å². The predicted octanol–water partition coefficient (Wildman–Crippen LogP) is 2.76. The third-order valence-electron chi connectivity index (χ3n) is 5.28. The van der Waals surface area contributed by atoms with E-state index in [1.165, 1.54) is 6.08 Å². The molecule has 0 radical (unpaired) electrons. The Morgan fingerprint density at radius 2 is 2.14 bits per heavy atom. The predicted molar refractivity (Wildman–Crippen MR) is 107 cm³/mol. The molecule has 158 valence electrons.